The fraction of sp³-hybridized carbons (Fsp3) is 0.562. The molecule has 1 aromatic rings. The van der Waals surface area contributed by atoms with E-state index in [0.717, 1.165) is 32.0 Å². The van der Waals surface area contributed by atoms with Gasteiger partial charge in [-0.2, -0.15) is 0 Å². The lowest BCUT2D eigenvalue weighted by molar-refractivity contribution is 0.768. The Morgan fingerprint density at radius 3 is 2.70 bits per heavy atom. The van der Waals surface area contributed by atoms with Crippen LogP contribution in [0.25, 0.3) is 0 Å². The molecule has 0 saturated heterocycles. The molecule has 0 aromatic heterocycles. The summed E-state index contributed by atoms with van der Waals surface area (Å²) in [5.74, 6) is 0.970. The van der Waals surface area contributed by atoms with E-state index in [0.29, 0.717) is 6.04 Å². The molecule has 0 amide bonds. The molecule has 4 nitrogen and oxygen atoms in total. The van der Waals surface area contributed by atoms with E-state index in [9.17, 15) is 0 Å². The summed E-state index contributed by atoms with van der Waals surface area (Å²) >= 11 is 0. The van der Waals surface area contributed by atoms with Gasteiger partial charge in [-0.1, -0.05) is 18.2 Å². The summed E-state index contributed by atoms with van der Waals surface area (Å²) in [6.07, 6.45) is 3.62. The number of aliphatic imine (C=N–C) groups is 1. The molecular weight excluding hydrogens is 248 g/mol. The lowest BCUT2D eigenvalue weighted by atomic mass is 10.3. The van der Waals surface area contributed by atoms with Gasteiger partial charge in [0.25, 0.3) is 0 Å². The van der Waals surface area contributed by atoms with Crippen LogP contribution in [0.4, 0.5) is 5.69 Å². The first-order chi connectivity index (χ1) is 9.79. The van der Waals surface area contributed by atoms with Crippen LogP contribution in [0.1, 0.15) is 26.2 Å². The molecule has 1 aliphatic carbocycles. The molecule has 0 aliphatic heterocycles. The van der Waals surface area contributed by atoms with Crippen LogP contribution < -0.4 is 15.5 Å². The molecule has 0 radical (unpaired) electrons. The van der Waals surface area contributed by atoms with Gasteiger partial charge in [0, 0.05) is 38.4 Å². The molecule has 20 heavy (non-hydrogen) atoms. The van der Waals surface area contributed by atoms with Crippen LogP contribution in [0.2, 0.25) is 0 Å². The van der Waals surface area contributed by atoms with Gasteiger partial charge in [-0.05, 0) is 38.3 Å². The zero-order valence-electron chi connectivity index (χ0n) is 12.6. The number of guanidine groups is 1. The van der Waals surface area contributed by atoms with E-state index < -0.39 is 0 Å². The summed E-state index contributed by atoms with van der Waals surface area (Å²) in [6, 6.07) is 11.1. The predicted molar refractivity (Wildman–Crippen MR) is 86.5 cm³/mol. The number of nitrogens with zero attached hydrogens (tertiary/aromatic N) is 2. The van der Waals surface area contributed by atoms with Crippen molar-refractivity contribution in [1.82, 2.24) is 10.6 Å². The third-order valence-corrected chi connectivity index (χ3v) is 3.38. The molecule has 0 bridgehead atoms. The van der Waals surface area contributed by atoms with Gasteiger partial charge in [0.15, 0.2) is 5.96 Å². The van der Waals surface area contributed by atoms with E-state index in [1.807, 2.05) is 6.07 Å². The fourth-order valence-corrected chi connectivity index (χ4v) is 2.05. The zero-order valence-corrected chi connectivity index (χ0v) is 12.6. The molecule has 0 spiro atoms. The normalized spacial score (nSPS) is 15.0. The van der Waals surface area contributed by atoms with Crippen LogP contribution in [-0.2, 0) is 0 Å². The van der Waals surface area contributed by atoms with E-state index >= 15 is 0 Å². The topological polar surface area (TPSA) is 39.7 Å². The Kier molecular flexibility index (Phi) is 5.71. The third-order valence-electron chi connectivity index (χ3n) is 3.38. The largest absolute Gasteiger partial charge is 0.375 e. The maximum atomic E-state index is 4.63. The molecule has 0 unspecified atom stereocenters. The van der Waals surface area contributed by atoms with Crippen LogP contribution in [-0.4, -0.2) is 38.7 Å². The minimum atomic E-state index is 0.653. The second-order valence-corrected chi connectivity index (χ2v) is 5.29. The molecule has 0 heterocycles. The average molecular weight is 274 g/mol. The number of benzene rings is 1. The fourth-order valence-electron chi connectivity index (χ4n) is 2.05. The first kappa shape index (κ1) is 14.7. The molecule has 4 heteroatoms. The molecular formula is C16H26N4. The molecule has 110 valence electrons. The molecule has 2 N–H and O–H groups in total. The van der Waals surface area contributed by atoms with Crippen molar-refractivity contribution in [3.05, 3.63) is 30.3 Å². The van der Waals surface area contributed by atoms with E-state index in [-0.39, 0.29) is 0 Å². The Morgan fingerprint density at radius 1 is 1.30 bits per heavy atom. The van der Waals surface area contributed by atoms with Crippen LogP contribution in [0.5, 0.6) is 0 Å². The van der Waals surface area contributed by atoms with E-state index in [2.05, 4.69) is 58.8 Å². The van der Waals surface area contributed by atoms with Crippen molar-refractivity contribution >= 4 is 11.6 Å². The Morgan fingerprint density at radius 2 is 2.05 bits per heavy atom. The van der Waals surface area contributed by atoms with Crippen molar-refractivity contribution in [2.75, 3.05) is 31.6 Å². The standard InChI is InChI=1S/C16H26N4/c1-3-17-16(19-14-10-11-14)18-12-7-13-20(2)15-8-5-4-6-9-15/h4-6,8-9,14H,3,7,10-13H2,1-2H3,(H2,17,18,19). The van der Waals surface area contributed by atoms with Crippen LogP contribution in [0, 0.1) is 0 Å². The molecule has 1 aromatic carbocycles. The van der Waals surface area contributed by atoms with Crippen molar-refractivity contribution in [2.24, 2.45) is 4.99 Å². The van der Waals surface area contributed by atoms with Gasteiger partial charge in [-0.15, -0.1) is 0 Å². The number of nitrogens with one attached hydrogen (secondary N) is 2. The SMILES string of the molecule is CCNC(=NCCCN(C)c1ccccc1)NC1CC1. The van der Waals surface area contributed by atoms with Crippen molar-refractivity contribution in [1.29, 1.82) is 0 Å². The number of rotatable bonds is 7. The summed E-state index contributed by atoms with van der Waals surface area (Å²) in [4.78, 5) is 6.90. The second kappa shape index (κ2) is 7.78. The quantitative estimate of drug-likeness (QED) is 0.455. The van der Waals surface area contributed by atoms with E-state index in [1.165, 1.54) is 18.5 Å². The number of para-hydroxylation sites is 1. The van der Waals surface area contributed by atoms with Gasteiger partial charge in [0.1, 0.15) is 0 Å². The summed E-state index contributed by atoms with van der Waals surface area (Å²) in [5.41, 5.74) is 1.26. The van der Waals surface area contributed by atoms with Gasteiger partial charge >= 0.3 is 0 Å². The summed E-state index contributed by atoms with van der Waals surface area (Å²) in [6.45, 7) is 4.91. The highest BCUT2D eigenvalue weighted by molar-refractivity contribution is 5.80. The molecule has 1 fully saturated rings. The maximum absolute atomic E-state index is 4.63. The molecule has 1 saturated carbocycles. The highest BCUT2D eigenvalue weighted by atomic mass is 15.2. The monoisotopic (exact) mass is 274 g/mol. The average Bonchev–Trinajstić information content (AvgIpc) is 3.28. The van der Waals surface area contributed by atoms with Gasteiger partial charge in [0.2, 0.25) is 0 Å². The number of hydrogen-bond acceptors (Lipinski definition) is 2. The van der Waals surface area contributed by atoms with Crippen molar-refractivity contribution < 1.29 is 0 Å². The highest BCUT2D eigenvalue weighted by Gasteiger charge is 2.21. The summed E-state index contributed by atoms with van der Waals surface area (Å²) < 4.78 is 0. The van der Waals surface area contributed by atoms with Crippen molar-refractivity contribution in [3.63, 3.8) is 0 Å². The lowest BCUT2D eigenvalue weighted by Crippen LogP contribution is -2.38. The first-order valence-electron chi connectivity index (χ1n) is 7.60. The second-order valence-electron chi connectivity index (χ2n) is 5.29. The zero-order chi connectivity index (χ0) is 14.2. The van der Waals surface area contributed by atoms with Gasteiger partial charge < -0.3 is 15.5 Å². The number of anilines is 1. The lowest BCUT2D eigenvalue weighted by Gasteiger charge is -2.18. The predicted octanol–water partition coefficient (Wildman–Crippen LogP) is 2.23. The van der Waals surface area contributed by atoms with Crippen molar-refractivity contribution in [3.8, 4) is 0 Å². The Hall–Kier alpha value is -1.71. The van der Waals surface area contributed by atoms with Gasteiger partial charge in [-0.25, -0.2) is 0 Å². The Bertz CT molecular complexity index is 412. The van der Waals surface area contributed by atoms with Gasteiger partial charge in [-0.3, -0.25) is 4.99 Å². The smallest absolute Gasteiger partial charge is 0.191 e. The van der Waals surface area contributed by atoms with E-state index in [1.54, 1.807) is 0 Å². The third kappa shape index (κ3) is 5.11. The molecule has 2 rings (SSSR count). The maximum Gasteiger partial charge on any atom is 0.191 e. The van der Waals surface area contributed by atoms with Crippen LogP contribution in [0.3, 0.4) is 0 Å². The highest BCUT2D eigenvalue weighted by Crippen LogP contribution is 2.18. The minimum Gasteiger partial charge on any atom is -0.375 e. The van der Waals surface area contributed by atoms with Crippen LogP contribution in [0.15, 0.2) is 35.3 Å². The van der Waals surface area contributed by atoms with Gasteiger partial charge in [0.05, 0.1) is 0 Å². The first-order valence-corrected chi connectivity index (χ1v) is 7.60. The number of hydrogen-bond donors (Lipinski definition) is 2. The van der Waals surface area contributed by atoms with Crippen molar-refractivity contribution in [2.45, 2.75) is 32.2 Å². The Labute approximate surface area is 122 Å². The van der Waals surface area contributed by atoms with Crippen LogP contribution >= 0.6 is 0 Å². The molecule has 1 aliphatic rings. The molecule has 0 atom stereocenters. The summed E-state index contributed by atoms with van der Waals surface area (Å²) in [7, 11) is 2.13. The minimum absolute atomic E-state index is 0.653. The Balaban J connectivity index is 1.70. The summed E-state index contributed by atoms with van der Waals surface area (Å²) in [5, 5.41) is 6.74. The van der Waals surface area contributed by atoms with E-state index in [4.69, 9.17) is 0 Å².